The van der Waals surface area contributed by atoms with E-state index in [0.717, 1.165) is 36.9 Å². The van der Waals surface area contributed by atoms with Crippen molar-refractivity contribution in [3.8, 4) is 6.07 Å². The Morgan fingerprint density at radius 3 is 2.47 bits per heavy atom. The van der Waals surface area contributed by atoms with Crippen LogP contribution in [0, 0.1) is 11.3 Å². The lowest BCUT2D eigenvalue weighted by Crippen LogP contribution is -2.23. The molecule has 2 N–H and O–H groups in total. The van der Waals surface area contributed by atoms with Crippen LogP contribution in [0.15, 0.2) is 35.9 Å². The lowest BCUT2D eigenvalue weighted by molar-refractivity contribution is -0.131. The number of rotatable bonds is 3. The third-order valence-electron chi connectivity index (χ3n) is 3.34. The zero-order chi connectivity index (χ0) is 13.7. The number of allylic oxidation sites excluding steroid dienone is 1. The predicted molar refractivity (Wildman–Crippen MR) is 72.8 cm³/mol. The normalized spacial score (nSPS) is 18.5. The van der Waals surface area contributed by atoms with Crippen molar-refractivity contribution in [2.75, 3.05) is 5.32 Å². The molecule has 1 saturated carbocycles. The summed E-state index contributed by atoms with van der Waals surface area (Å²) >= 11 is 0. The van der Waals surface area contributed by atoms with Gasteiger partial charge in [0.05, 0.1) is 11.6 Å². The van der Waals surface area contributed by atoms with Gasteiger partial charge in [0.15, 0.2) is 0 Å². The number of anilines is 1. The number of carbonyl (C=O) groups is 1. The molecule has 0 aliphatic heterocycles. The molecule has 0 saturated heterocycles. The minimum atomic E-state index is -0.853. The maximum absolute atomic E-state index is 10.6. The van der Waals surface area contributed by atoms with Crippen LogP contribution in [-0.4, -0.2) is 17.1 Å². The Hall–Kier alpha value is -2.28. The maximum atomic E-state index is 10.6. The van der Waals surface area contributed by atoms with E-state index in [2.05, 4.69) is 11.4 Å². The minimum Gasteiger partial charge on any atom is -0.478 e. The third kappa shape index (κ3) is 3.85. The quantitative estimate of drug-likeness (QED) is 0.815. The smallest absolute Gasteiger partial charge is 0.328 e. The number of aliphatic carboxylic acids is 1. The van der Waals surface area contributed by atoms with Gasteiger partial charge >= 0.3 is 5.97 Å². The zero-order valence-electron chi connectivity index (χ0n) is 10.6. The lowest BCUT2D eigenvalue weighted by Gasteiger charge is -2.25. The van der Waals surface area contributed by atoms with Gasteiger partial charge in [0.2, 0.25) is 0 Å². The zero-order valence-corrected chi connectivity index (χ0v) is 10.6. The molecule has 0 amide bonds. The summed E-state index contributed by atoms with van der Waals surface area (Å²) < 4.78 is 0. The number of nitriles is 1. The Bertz CT molecular complexity index is 516. The van der Waals surface area contributed by atoms with Gasteiger partial charge in [0.1, 0.15) is 0 Å². The first-order valence-corrected chi connectivity index (χ1v) is 6.36. The number of benzene rings is 1. The molecule has 4 nitrogen and oxygen atoms in total. The van der Waals surface area contributed by atoms with Gasteiger partial charge in [-0.05, 0) is 49.9 Å². The van der Waals surface area contributed by atoms with E-state index in [9.17, 15) is 4.79 Å². The number of nitrogens with zero attached hydrogens (tertiary/aromatic N) is 1. The van der Waals surface area contributed by atoms with Gasteiger partial charge in [-0.3, -0.25) is 0 Å². The van der Waals surface area contributed by atoms with Crippen molar-refractivity contribution in [3.05, 3.63) is 41.5 Å². The molecule has 0 atom stereocenters. The van der Waals surface area contributed by atoms with Crippen LogP contribution in [0.1, 0.15) is 31.2 Å². The summed E-state index contributed by atoms with van der Waals surface area (Å²) in [7, 11) is 0. The van der Waals surface area contributed by atoms with Gasteiger partial charge < -0.3 is 10.4 Å². The maximum Gasteiger partial charge on any atom is 0.328 e. The first-order chi connectivity index (χ1) is 9.17. The predicted octanol–water partition coefficient (Wildman–Crippen LogP) is 2.92. The Balaban J connectivity index is 1.88. The van der Waals surface area contributed by atoms with Crippen molar-refractivity contribution in [3.63, 3.8) is 0 Å². The number of hydrogen-bond donors (Lipinski definition) is 2. The highest BCUT2D eigenvalue weighted by Gasteiger charge is 2.16. The SMILES string of the molecule is N#Cc1ccc(NC2CCC(=CC(=O)O)CC2)cc1. The Kier molecular flexibility index (Phi) is 4.19. The van der Waals surface area contributed by atoms with Crippen molar-refractivity contribution in [1.82, 2.24) is 0 Å². The lowest BCUT2D eigenvalue weighted by atomic mass is 9.90. The van der Waals surface area contributed by atoms with Crippen LogP contribution < -0.4 is 5.32 Å². The Morgan fingerprint density at radius 2 is 1.95 bits per heavy atom. The molecule has 1 fully saturated rings. The summed E-state index contributed by atoms with van der Waals surface area (Å²) in [5, 5.41) is 20.8. The molecule has 0 unspecified atom stereocenters. The van der Waals surface area contributed by atoms with E-state index < -0.39 is 5.97 Å². The van der Waals surface area contributed by atoms with Crippen molar-refractivity contribution < 1.29 is 9.90 Å². The van der Waals surface area contributed by atoms with E-state index in [1.807, 2.05) is 12.1 Å². The van der Waals surface area contributed by atoms with Crippen LogP contribution >= 0.6 is 0 Å². The molecule has 0 spiro atoms. The van der Waals surface area contributed by atoms with Crippen molar-refractivity contribution >= 4 is 11.7 Å². The number of hydrogen-bond acceptors (Lipinski definition) is 3. The molecular weight excluding hydrogens is 240 g/mol. The number of carboxylic acid groups (broad SMARTS) is 1. The molecule has 1 aromatic carbocycles. The summed E-state index contributed by atoms with van der Waals surface area (Å²) in [5.41, 5.74) is 2.68. The molecule has 0 bridgehead atoms. The van der Waals surface area contributed by atoms with Crippen LogP contribution in [0.2, 0.25) is 0 Å². The van der Waals surface area contributed by atoms with Gasteiger partial charge in [0.25, 0.3) is 0 Å². The van der Waals surface area contributed by atoms with Crippen LogP contribution in [0.3, 0.4) is 0 Å². The second-order valence-corrected chi connectivity index (χ2v) is 4.75. The summed E-state index contributed by atoms with van der Waals surface area (Å²) in [6.07, 6.45) is 4.89. The molecule has 19 heavy (non-hydrogen) atoms. The molecule has 1 aliphatic carbocycles. The minimum absolute atomic E-state index is 0.374. The number of carboxylic acids is 1. The van der Waals surface area contributed by atoms with E-state index >= 15 is 0 Å². The van der Waals surface area contributed by atoms with E-state index in [1.54, 1.807) is 12.1 Å². The largest absolute Gasteiger partial charge is 0.478 e. The van der Waals surface area contributed by atoms with Gasteiger partial charge in [-0.25, -0.2) is 4.79 Å². The molecule has 4 heteroatoms. The highest BCUT2D eigenvalue weighted by atomic mass is 16.4. The molecule has 0 heterocycles. The molecule has 0 radical (unpaired) electrons. The summed E-state index contributed by atoms with van der Waals surface area (Å²) in [6.45, 7) is 0. The Labute approximate surface area is 112 Å². The molecule has 2 rings (SSSR count). The van der Waals surface area contributed by atoms with E-state index in [1.165, 1.54) is 6.08 Å². The first-order valence-electron chi connectivity index (χ1n) is 6.36. The summed E-state index contributed by atoms with van der Waals surface area (Å²) in [5.74, 6) is -0.853. The third-order valence-corrected chi connectivity index (χ3v) is 3.34. The van der Waals surface area contributed by atoms with E-state index in [-0.39, 0.29) is 0 Å². The molecule has 98 valence electrons. The van der Waals surface area contributed by atoms with Crippen LogP contribution in [0.4, 0.5) is 5.69 Å². The second-order valence-electron chi connectivity index (χ2n) is 4.75. The molecule has 1 aliphatic rings. The summed E-state index contributed by atoms with van der Waals surface area (Å²) in [6, 6.07) is 9.86. The highest BCUT2D eigenvalue weighted by Crippen LogP contribution is 2.26. The van der Waals surface area contributed by atoms with Crippen LogP contribution in [0.25, 0.3) is 0 Å². The number of nitrogens with one attached hydrogen (secondary N) is 1. The fourth-order valence-electron chi connectivity index (χ4n) is 2.33. The average molecular weight is 256 g/mol. The molecular formula is C15H16N2O2. The first kappa shape index (κ1) is 13.2. The monoisotopic (exact) mass is 256 g/mol. The van der Waals surface area contributed by atoms with Gasteiger partial charge in [0, 0.05) is 17.8 Å². The van der Waals surface area contributed by atoms with Crippen LogP contribution in [-0.2, 0) is 4.79 Å². The standard InChI is InChI=1S/C15H16N2O2/c16-10-12-3-7-14(8-4-12)17-13-5-1-11(2-6-13)9-15(18)19/h3-4,7-9,13,17H,1-2,5-6H2,(H,18,19). The second kappa shape index (κ2) is 6.05. The van der Waals surface area contributed by atoms with Crippen molar-refractivity contribution in [2.24, 2.45) is 0 Å². The Morgan fingerprint density at radius 1 is 1.32 bits per heavy atom. The van der Waals surface area contributed by atoms with Crippen molar-refractivity contribution in [1.29, 1.82) is 5.26 Å². The van der Waals surface area contributed by atoms with E-state index in [4.69, 9.17) is 10.4 Å². The van der Waals surface area contributed by atoms with Crippen LogP contribution in [0.5, 0.6) is 0 Å². The fourth-order valence-corrected chi connectivity index (χ4v) is 2.33. The average Bonchev–Trinajstić information content (AvgIpc) is 2.41. The summed E-state index contributed by atoms with van der Waals surface area (Å²) in [4.78, 5) is 10.6. The fraction of sp³-hybridized carbons (Fsp3) is 0.333. The van der Waals surface area contributed by atoms with E-state index in [0.29, 0.717) is 11.6 Å². The molecule has 0 aromatic heterocycles. The highest BCUT2D eigenvalue weighted by molar-refractivity contribution is 5.80. The topological polar surface area (TPSA) is 73.1 Å². The van der Waals surface area contributed by atoms with Gasteiger partial charge in [-0.2, -0.15) is 5.26 Å². The van der Waals surface area contributed by atoms with Gasteiger partial charge in [-0.15, -0.1) is 0 Å². The van der Waals surface area contributed by atoms with Crippen molar-refractivity contribution in [2.45, 2.75) is 31.7 Å². The van der Waals surface area contributed by atoms with Gasteiger partial charge in [-0.1, -0.05) is 5.57 Å². The molecule has 1 aromatic rings.